The average molecular weight is 429 g/mol. The van der Waals surface area contributed by atoms with E-state index in [9.17, 15) is 18.0 Å². The summed E-state index contributed by atoms with van der Waals surface area (Å²) in [5.74, 6) is 0.0702. The second kappa shape index (κ2) is 7.98. The highest BCUT2D eigenvalue weighted by Gasteiger charge is 2.36. The predicted octanol–water partition coefficient (Wildman–Crippen LogP) is 1.72. The molecule has 0 bridgehead atoms. The zero-order chi connectivity index (χ0) is 21.3. The molecule has 2 aliphatic heterocycles. The van der Waals surface area contributed by atoms with Gasteiger partial charge in [0.1, 0.15) is 5.75 Å². The van der Waals surface area contributed by atoms with Crippen LogP contribution in [0.15, 0.2) is 48.5 Å². The first-order valence-electron chi connectivity index (χ1n) is 9.74. The minimum Gasteiger partial charge on any atom is -0.495 e. The van der Waals surface area contributed by atoms with Crippen molar-refractivity contribution in [1.82, 2.24) is 4.90 Å². The van der Waals surface area contributed by atoms with Gasteiger partial charge in [0.2, 0.25) is 15.9 Å². The first-order chi connectivity index (χ1) is 14.4. The van der Waals surface area contributed by atoms with Gasteiger partial charge in [0, 0.05) is 38.2 Å². The smallest absolute Gasteiger partial charge is 0.253 e. The number of anilines is 2. The zero-order valence-corrected chi connectivity index (χ0v) is 17.5. The summed E-state index contributed by atoms with van der Waals surface area (Å²) in [7, 11) is -1.97. The highest BCUT2D eigenvalue weighted by Crippen LogP contribution is 2.29. The number of sulfonamides is 1. The summed E-state index contributed by atoms with van der Waals surface area (Å²) < 4.78 is 30.3. The largest absolute Gasteiger partial charge is 0.495 e. The van der Waals surface area contributed by atoms with Crippen molar-refractivity contribution in [3.8, 4) is 5.75 Å². The lowest BCUT2D eigenvalue weighted by molar-refractivity contribution is -0.116. The number of rotatable bonds is 4. The quantitative estimate of drug-likeness (QED) is 0.736. The molecule has 2 fully saturated rings. The zero-order valence-electron chi connectivity index (χ0n) is 16.7. The Morgan fingerprint density at radius 1 is 0.967 bits per heavy atom. The molecule has 0 unspecified atom stereocenters. The summed E-state index contributed by atoms with van der Waals surface area (Å²) in [4.78, 5) is 28.7. The van der Waals surface area contributed by atoms with Gasteiger partial charge in [0.25, 0.3) is 5.91 Å². The normalized spacial score (nSPS) is 18.6. The number of methoxy groups -OCH3 is 1. The molecule has 2 aromatic rings. The van der Waals surface area contributed by atoms with E-state index in [1.165, 1.54) is 12.1 Å². The third-order valence-corrected chi connectivity index (χ3v) is 7.11. The van der Waals surface area contributed by atoms with Crippen LogP contribution in [0.4, 0.5) is 11.4 Å². The molecule has 30 heavy (non-hydrogen) atoms. The van der Waals surface area contributed by atoms with Gasteiger partial charge in [-0.2, -0.15) is 0 Å². The van der Waals surface area contributed by atoms with Gasteiger partial charge in [-0.1, -0.05) is 12.1 Å². The molecule has 2 heterocycles. The topological polar surface area (TPSA) is 87.2 Å². The monoisotopic (exact) mass is 429 g/mol. The molecule has 2 amide bonds. The van der Waals surface area contributed by atoms with Gasteiger partial charge in [-0.3, -0.25) is 9.59 Å². The summed E-state index contributed by atoms with van der Waals surface area (Å²) in [6, 6.07) is 14.0. The van der Waals surface area contributed by atoms with Crippen molar-refractivity contribution < 1.29 is 22.7 Å². The molecule has 2 aliphatic rings. The maximum Gasteiger partial charge on any atom is 0.253 e. The number of hydrogen-bond donors (Lipinski definition) is 0. The summed E-state index contributed by atoms with van der Waals surface area (Å²) >= 11 is 0. The van der Waals surface area contributed by atoms with Crippen LogP contribution in [0.25, 0.3) is 0 Å². The first kappa shape index (κ1) is 20.2. The van der Waals surface area contributed by atoms with Crippen LogP contribution in [0.3, 0.4) is 0 Å². The molecule has 0 radical (unpaired) electrons. The Balaban J connectivity index is 1.43. The fourth-order valence-electron chi connectivity index (χ4n) is 3.83. The molecular formula is C21H23N3O5S. The minimum absolute atomic E-state index is 0.0144. The number of amides is 2. The number of para-hydroxylation sites is 2. The lowest BCUT2D eigenvalue weighted by Crippen LogP contribution is -2.48. The van der Waals surface area contributed by atoms with E-state index in [-0.39, 0.29) is 23.8 Å². The minimum atomic E-state index is -3.61. The molecule has 0 N–H and O–H groups in total. The van der Waals surface area contributed by atoms with Gasteiger partial charge >= 0.3 is 0 Å². The molecule has 0 spiro atoms. The van der Waals surface area contributed by atoms with E-state index in [0.717, 1.165) is 15.7 Å². The second-order valence-corrected chi connectivity index (χ2v) is 9.16. The van der Waals surface area contributed by atoms with Crippen molar-refractivity contribution >= 4 is 33.2 Å². The van der Waals surface area contributed by atoms with Gasteiger partial charge in [-0.05, 0) is 36.4 Å². The van der Waals surface area contributed by atoms with Crippen LogP contribution in [0, 0.1) is 0 Å². The number of benzene rings is 2. The fourth-order valence-corrected chi connectivity index (χ4v) is 5.29. The molecule has 9 heteroatoms. The molecule has 8 nitrogen and oxygen atoms in total. The number of carbonyl (C=O) groups is 2. The molecule has 2 saturated heterocycles. The molecule has 158 valence electrons. The van der Waals surface area contributed by atoms with Crippen molar-refractivity contribution in [2.75, 3.05) is 48.2 Å². The number of carbonyl (C=O) groups excluding carboxylic acids is 2. The van der Waals surface area contributed by atoms with Crippen LogP contribution in [-0.4, -0.2) is 64.2 Å². The SMILES string of the molecule is COc1ccccc1N1CCN(C(=O)c2ccc(N3C(=O)CCS3(=O)=O)cc2)CC1. The lowest BCUT2D eigenvalue weighted by Gasteiger charge is -2.36. The van der Waals surface area contributed by atoms with E-state index in [0.29, 0.717) is 31.7 Å². The Bertz CT molecular complexity index is 1060. The highest BCUT2D eigenvalue weighted by molar-refractivity contribution is 7.94. The summed E-state index contributed by atoms with van der Waals surface area (Å²) in [6.07, 6.45) is -0.0144. The fraction of sp³-hybridized carbons (Fsp3) is 0.333. The van der Waals surface area contributed by atoms with Gasteiger partial charge < -0.3 is 14.5 Å². The predicted molar refractivity (Wildman–Crippen MR) is 113 cm³/mol. The Kier molecular flexibility index (Phi) is 5.38. The van der Waals surface area contributed by atoms with Crippen LogP contribution in [0.5, 0.6) is 5.75 Å². The van der Waals surface area contributed by atoms with Crippen molar-refractivity contribution in [1.29, 1.82) is 0 Å². The standard InChI is InChI=1S/C21H23N3O5S/c1-29-19-5-3-2-4-18(19)22-11-13-23(14-12-22)21(26)16-6-8-17(9-7-16)24-20(25)10-15-30(24,27)28/h2-9H,10-15H2,1H3. The molecule has 2 aromatic carbocycles. The van der Waals surface area contributed by atoms with E-state index in [1.54, 1.807) is 24.1 Å². The molecule has 0 aromatic heterocycles. The Morgan fingerprint density at radius 3 is 2.23 bits per heavy atom. The van der Waals surface area contributed by atoms with Crippen LogP contribution >= 0.6 is 0 Å². The molecule has 0 saturated carbocycles. The van der Waals surface area contributed by atoms with Crippen molar-refractivity contribution in [3.63, 3.8) is 0 Å². The van der Waals surface area contributed by atoms with Crippen molar-refractivity contribution in [3.05, 3.63) is 54.1 Å². The number of hydrogen-bond acceptors (Lipinski definition) is 6. The number of piperazine rings is 1. The van der Waals surface area contributed by atoms with Crippen LogP contribution in [0.1, 0.15) is 16.8 Å². The van der Waals surface area contributed by atoms with E-state index >= 15 is 0 Å². The van der Waals surface area contributed by atoms with Crippen LogP contribution in [0.2, 0.25) is 0 Å². The van der Waals surface area contributed by atoms with Crippen LogP contribution < -0.4 is 13.9 Å². The van der Waals surface area contributed by atoms with E-state index in [2.05, 4.69) is 4.90 Å². The second-order valence-electron chi connectivity index (χ2n) is 7.22. The molecular weight excluding hydrogens is 406 g/mol. The van der Waals surface area contributed by atoms with E-state index in [4.69, 9.17) is 4.74 Å². The molecule has 0 aliphatic carbocycles. The Hall–Kier alpha value is -3.07. The maximum absolute atomic E-state index is 12.9. The van der Waals surface area contributed by atoms with Gasteiger partial charge in [0.15, 0.2) is 0 Å². The third kappa shape index (κ3) is 3.72. The summed E-state index contributed by atoms with van der Waals surface area (Å²) in [5, 5.41) is 0. The van der Waals surface area contributed by atoms with Gasteiger partial charge in [-0.15, -0.1) is 0 Å². The Labute approximate surface area is 175 Å². The van der Waals surface area contributed by atoms with Gasteiger partial charge in [-0.25, -0.2) is 12.7 Å². The highest BCUT2D eigenvalue weighted by atomic mass is 32.2. The Morgan fingerprint density at radius 2 is 1.63 bits per heavy atom. The maximum atomic E-state index is 12.9. The van der Waals surface area contributed by atoms with Crippen LogP contribution in [-0.2, 0) is 14.8 Å². The molecule has 4 rings (SSSR count). The van der Waals surface area contributed by atoms with Crippen molar-refractivity contribution in [2.24, 2.45) is 0 Å². The first-order valence-corrected chi connectivity index (χ1v) is 11.3. The molecule has 0 atom stereocenters. The lowest BCUT2D eigenvalue weighted by atomic mass is 10.1. The van der Waals surface area contributed by atoms with E-state index in [1.807, 2.05) is 24.3 Å². The summed E-state index contributed by atoms with van der Waals surface area (Å²) in [6.45, 7) is 2.50. The number of nitrogens with zero attached hydrogens (tertiary/aromatic N) is 3. The number of ether oxygens (including phenoxy) is 1. The van der Waals surface area contributed by atoms with Crippen molar-refractivity contribution in [2.45, 2.75) is 6.42 Å². The van der Waals surface area contributed by atoms with Gasteiger partial charge in [0.05, 0.1) is 24.2 Å². The van der Waals surface area contributed by atoms with E-state index < -0.39 is 15.9 Å². The summed E-state index contributed by atoms with van der Waals surface area (Å²) in [5.41, 5.74) is 1.75. The average Bonchev–Trinajstić information content (AvgIpc) is 3.05. The third-order valence-electron chi connectivity index (χ3n) is 5.42.